The van der Waals surface area contributed by atoms with Crippen molar-refractivity contribution in [2.45, 2.75) is 4.90 Å². The van der Waals surface area contributed by atoms with Crippen molar-refractivity contribution in [2.24, 2.45) is 0 Å². The quantitative estimate of drug-likeness (QED) is 0.547. The first kappa shape index (κ1) is 17.4. The molecule has 2 heterocycles. The van der Waals surface area contributed by atoms with Gasteiger partial charge in [0, 0.05) is 22.5 Å². The highest BCUT2D eigenvalue weighted by atomic mass is 32.2. The monoisotopic (exact) mass is 397 g/mol. The van der Waals surface area contributed by atoms with Crippen LogP contribution in [0.25, 0.3) is 22.2 Å². The van der Waals surface area contributed by atoms with Gasteiger partial charge in [0.05, 0.1) is 18.3 Å². The van der Waals surface area contributed by atoms with Gasteiger partial charge < -0.3 is 4.74 Å². The third kappa shape index (κ3) is 3.49. The van der Waals surface area contributed by atoms with Gasteiger partial charge in [-0.25, -0.2) is 13.4 Å². The van der Waals surface area contributed by atoms with Gasteiger partial charge in [-0.1, -0.05) is 18.2 Å². The molecule has 6 nitrogen and oxygen atoms in total. The number of anilines is 1. The zero-order valence-corrected chi connectivity index (χ0v) is 15.9. The first-order valence-corrected chi connectivity index (χ1v) is 10.4. The second-order valence-corrected chi connectivity index (χ2v) is 8.21. The largest absolute Gasteiger partial charge is 0.497 e. The van der Waals surface area contributed by atoms with Gasteiger partial charge in [0.15, 0.2) is 5.13 Å². The molecule has 0 aliphatic rings. The predicted octanol–water partition coefficient (Wildman–Crippen LogP) is 4.17. The fraction of sp³-hybridized carbons (Fsp3) is 0.0526. The van der Waals surface area contributed by atoms with Gasteiger partial charge in [0.1, 0.15) is 10.6 Å². The van der Waals surface area contributed by atoms with Crippen LogP contribution in [-0.4, -0.2) is 25.5 Å². The van der Waals surface area contributed by atoms with E-state index in [-0.39, 0.29) is 4.90 Å². The maximum atomic E-state index is 12.8. The lowest BCUT2D eigenvalue weighted by Gasteiger charge is -2.07. The van der Waals surface area contributed by atoms with Crippen molar-refractivity contribution in [1.29, 1.82) is 0 Å². The molecule has 4 rings (SSSR count). The molecule has 0 saturated carbocycles. The molecule has 0 amide bonds. The number of pyridine rings is 1. The molecular formula is C19H15N3O3S2. The lowest BCUT2D eigenvalue weighted by atomic mass is 10.2. The highest BCUT2D eigenvalue weighted by molar-refractivity contribution is 7.93. The number of hydrogen-bond donors (Lipinski definition) is 1. The minimum absolute atomic E-state index is 0.127. The van der Waals surface area contributed by atoms with Crippen LogP contribution in [0.3, 0.4) is 0 Å². The number of ether oxygens (including phenoxy) is 1. The Hall–Kier alpha value is -2.97. The zero-order valence-electron chi connectivity index (χ0n) is 14.3. The van der Waals surface area contributed by atoms with Crippen LogP contribution in [-0.2, 0) is 10.0 Å². The van der Waals surface area contributed by atoms with E-state index < -0.39 is 10.0 Å². The van der Waals surface area contributed by atoms with Crippen LogP contribution in [0.1, 0.15) is 0 Å². The number of nitrogens with one attached hydrogen (secondary N) is 1. The Labute approximate surface area is 160 Å². The Morgan fingerprint density at radius 3 is 2.59 bits per heavy atom. The molecule has 4 aromatic rings. The molecule has 2 aromatic heterocycles. The van der Waals surface area contributed by atoms with Gasteiger partial charge in [-0.05, 0) is 36.4 Å². The van der Waals surface area contributed by atoms with E-state index in [1.54, 1.807) is 30.8 Å². The molecule has 2 aromatic carbocycles. The van der Waals surface area contributed by atoms with Crippen LogP contribution < -0.4 is 9.46 Å². The normalized spacial score (nSPS) is 11.4. The van der Waals surface area contributed by atoms with Crippen LogP contribution in [0.15, 0.2) is 71.1 Å². The van der Waals surface area contributed by atoms with Crippen molar-refractivity contribution in [2.75, 3.05) is 11.8 Å². The van der Waals surface area contributed by atoms with E-state index in [1.807, 2.05) is 36.4 Å². The Balaban J connectivity index is 1.64. The van der Waals surface area contributed by atoms with Crippen LogP contribution in [0, 0.1) is 0 Å². The number of thiazole rings is 1. The smallest absolute Gasteiger partial charge is 0.265 e. The van der Waals surface area contributed by atoms with E-state index >= 15 is 0 Å². The summed E-state index contributed by atoms with van der Waals surface area (Å²) in [6, 6.07) is 16.1. The number of methoxy groups -OCH3 is 1. The molecule has 0 saturated heterocycles. The van der Waals surface area contributed by atoms with Crippen molar-refractivity contribution in [3.05, 3.63) is 66.2 Å². The van der Waals surface area contributed by atoms with Crippen LogP contribution >= 0.6 is 11.3 Å². The van der Waals surface area contributed by atoms with Crippen LogP contribution in [0.2, 0.25) is 0 Å². The summed E-state index contributed by atoms with van der Waals surface area (Å²) in [6.07, 6.45) is 1.58. The molecule has 0 aliphatic carbocycles. The molecule has 136 valence electrons. The van der Waals surface area contributed by atoms with Gasteiger partial charge in [-0.3, -0.25) is 9.71 Å². The van der Waals surface area contributed by atoms with E-state index in [2.05, 4.69) is 14.7 Å². The molecule has 0 fully saturated rings. The average Bonchev–Trinajstić information content (AvgIpc) is 3.15. The van der Waals surface area contributed by atoms with Crippen LogP contribution in [0.5, 0.6) is 5.75 Å². The highest BCUT2D eigenvalue weighted by Crippen LogP contribution is 2.29. The summed E-state index contributed by atoms with van der Waals surface area (Å²) in [5.41, 5.74) is 2.00. The fourth-order valence-electron chi connectivity index (χ4n) is 2.68. The molecule has 0 radical (unpaired) electrons. The Morgan fingerprint density at radius 1 is 1.04 bits per heavy atom. The first-order valence-electron chi connectivity index (χ1n) is 8.03. The van der Waals surface area contributed by atoms with E-state index in [0.29, 0.717) is 16.3 Å². The van der Waals surface area contributed by atoms with Gasteiger partial charge in [-0.15, -0.1) is 11.3 Å². The van der Waals surface area contributed by atoms with E-state index in [9.17, 15) is 8.42 Å². The topological polar surface area (TPSA) is 81.2 Å². The molecule has 8 heteroatoms. The number of aromatic nitrogens is 2. The van der Waals surface area contributed by atoms with Crippen molar-refractivity contribution in [3.8, 4) is 17.0 Å². The molecule has 0 bridgehead atoms. The minimum Gasteiger partial charge on any atom is -0.497 e. The lowest BCUT2D eigenvalue weighted by Crippen LogP contribution is -2.13. The number of benzene rings is 2. The second-order valence-electron chi connectivity index (χ2n) is 5.70. The molecule has 0 atom stereocenters. The summed E-state index contributed by atoms with van der Waals surface area (Å²) >= 11 is 1.23. The standard InChI is InChI=1S/C19H15N3O3S2/c1-25-15-9-7-13(8-10-15)16-12-26-19(21-16)22-27(23,24)17-6-2-4-14-5-3-11-20-18(14)17/h2-12H,1H3,(H,21,22). The summed E-state index contributed by atoms with van der Waals surface area (Å²) in [5.74, 6) is 0.748. The predicted molar refractivity (Wildman–Crippen MR) is 107 cm³/mol. The molecular weight excluding hydrogens is 382 g/mol. The minimum atomic E-state index is -3.80. The Bertz CT molecular complexity index is 1200. The van der Waals surface area contributed by atoms with Gasteiger partial charge in [-0.2, -0.15) is 0 Å². The van der Waals surface area contributed by atoms with Crippen molar-refractivity contribution in [3.63, 3.8) is 0 Å². The van der Waals surface area contributed by atoms with Crippen molar-refractivity contribution in [1.82, 2.24) is 9.97 Å². The van der Waals surface area contributed by atoms with Gasteiger partial charge in [0.25, 0.3) is 10.0 Å². The number of rotatable bonds is 5. The fourth-order valence-corrected chi connectivity index (χ4v) is 4.83. The molecule has 1 N–H and O–H groups in total. The Morgan fingerprint density at radius 2 is 1.81 bits per heavy atom. The van der Waals surface area contributed by atoms with E-state index in [0.717, 1.165) is 16.7 Å². The first-order chi connectivity index (χ1) is 13.1. The third-order valence-corrected chi connectivity index (χ3v) is 6.25. The van der Waals surface area contributed by atoms with Crippen LogP contribution in [0.4, 0.5) is 5.13 Å². The maximum Gasteiger partial charge on any atom is 0.265 e. The SMILES string of the molecule is COc1ccc(-c2csc(NS(=O)(=O)c3cccc4cccnc34)n2)cc1. The number of hydrogen-bond acceptors (Lipinski definition) is 6. The third-order valence-electron chi connectivity index (χ3n) is 4.00. The molecule has 27 heavy (non-hydrogen) atoms. The molecule has 0 aliphatic heterocycles. The van der Waals surface area contributed by atoms with Gasteiger partial charge >= 0.3 is 0 Å². The van der Waals surface area contributed by atoms with E-state index in [4.69, 9.17) is 4.74 Å². The molecule has 0 spiro atoms. The van der Waals surface area contributed by atoms with Crippen molar-refractivity contribution >= 4 is 37.4 Å². The number of fused-ring (bicyclic) bond motifs is 1. The Kier molecular flexibility index (Phi) is 4.51. The summed E-state index contributed by atoms with van der Waals surface area (Å²) in [5, 5.41) is 2.87. The van der Waals surface area contributed by atoms with E-state index in [1.165, 1.54) is 17.4 Å². The summed E-state index contributed by atoms with van der Waals surface area (Å²) in [4.78, 5) is 8.73. The summed E-state index contributed by atoms with van der Waals surface area (Å²) in [7, 11) is -2.20. The molecule has 0 unspecified atom stereocenters. The lowest BCUT2D eigenvalue weighted by molar-refractivity contribution is 0.415. The summed E-state index contributed by atoms with van der Waals surface area (Å²) < 4.78 is 33.4. The summed E-state index contributed by atoms with van der Waals surface area (Å²) in [6.45, 7) is 0. The number of para-hydroxylation sites is 1. The number of sulfonamides is 1. The highest BCUT2D eigenvalue weighted by Gasteiger charge is 2.20. The zero-order chi connectivity index (χ0) is 18.9. The second kappa shape index (κ2) is 6.98. The van der Waals surface area contributed by atoms with Gasteiger partial charge in [0.2, 0.25) is 0 Å². The maximum absolute atomic E-state index is 12.8. The number of nitrogens with zero attached hydrogens (tertiary/aromatic N) is 2. The average molecular weight is 397 g/mol. The van der Waals surface area contributed by atoms with Crippen molar-refractivity contribution < 1.29 is 13.2 Å².